The number of thioether (sulfide) groups is 1. The average molecular weight is 214 g/mol. The Morgan fingerprint density at radius 1 is 1.57 bits per heavy atom. The van der Waals surface area contributed by atoms with Crippen molar-refractivity contribution >= 4 is 17.7 Å². The number of nitrogens with zero attached hydrogens (tertiary/aromatic N) is 1. The van der Waals surface area contributed by atoms with Crippen LogP contribution >= 0.6 is 11.8 Å². The maximum absolute atomic E-state index is 11.6. The highest BCUT2D eigenvalue weighted by atomic mass is 32.2. The summed E-state index contributed by atoms with van der Waals surface area (Å²) in [5.41, 5.74) is 0. The van der Waals surface area contributed by atoms with Crippen LogP contribution in [0.1, 0.15) is 26.2 Å². The van der Waals surface area contributed by atoms with Crippen LogP contribution in [-0.2, 0) is 4.79 Å². The van der Waals surface area contributed by atoms with Gasteiger partial charge in [-0.15, -0.1) is 11.8 Å². The van der Waals surface area contributed by atoms with Crippen LogP contribution in [0.5, 0.6) is 0 Å². The lowest BCUT2D eigenvalue weighted by molar-refractivity contribution is -0.144. The number of rotatable bonds is 5. The molecule has 0 saturated carbocycles. The van der Waals surface area contributed by atoms with E-state index in [1.165, 1.54) is 19.3 Å². The van der Waals surface area contributed by atoms with Gasteiger partial charge in [0.05, 0.1) is 0 Å². The number of unbranched alkanes of at least 4 members (excludes halogenated alkanes) is 2. The highest BCUT2D eigenvalue weighted by molar-refractivity contribution is 8.00. The topological polar surface area (TPSA) is 32.3 Å². The number of carbonyl (C=O) groups is 1. The Kier molecular flexibility index (Phi) is 3.34. The lowest BCUT2D eigenvalue weighted by Gasteiger charge is -2.42. The van der Waals surface area contributed by atoms with E-state index in [-0.39, 0.29) is 6.04 Å². The molecule has 0 bridgehead atoms. The van der Waals surface area contributed by atoms with Gasteiger partial charge in [-0.1, -0.05) is 19.8 Å². The minimum Gasteiger partial charge on any atom is -0.326 e. The van der Waals surface area contributed by atoms with E-state index < -0.39 is 0 Å². The third-order valence-corrected chi connectivity index (χ3v) is 4.19. The molecule has 0 radical (unpaired) electrons. The van der Waals surface area contributed by atoms with Gasteiger partial charge >= 0.3 is 0 Å². The Hall–Kier alpha value is -0.220. The van der Waals surface area contributed by atoms with Gasteiger partial charge < -0.3 is 10.2 Å². The molecule has 2 aliphatic heterocycles. The molecule has 0 aromatic carbocycles. The van der Waals surface area contributed by atoms with Crippen LogP contribution in [0.2, 0.25) is 0 Å². The second kappa shape index (κ2) is 4.53. The summed E-state index contributed by atoms with van der Waals surface area (Å²) in [5, 5.41) is 3.81. The standard InChI is InChI=1S/C10H18N2OS/c1-2-3-4-5-11-8-9(13)12-6-7-14-10(8)12/h8,10-11H,2-7H2,1H3/t8?,10-/m1/s1. The summed E-state index contributed by atoms with van der Waals surface area (Å²) in [4.78, 5) is 13.5. The normalized spacial score (nSPS) is 30.4. The molecule has 2 aliphatic rings. The quantitative estimate of drug-likeness (QED) is 0.548. The number of amides is 1. The summed E-state index contributed by atoms with van der Waals surface area (Å²) in [7, 11) is 0. The van der Waals surface area contributed by atoms with E-state index >= 15 is 0 Å². The van der Waals surface area contributed by atoms with Gasteiger partial charge in [-0.05, 0) is 13.0 Å². The minimum atomic E-state index is 0.124. The monoisotopic (exact) mass is 214 g/mol. The molecule has 80 valence electrons. The molecule has 2 atom stereocenters. The zero-order valence-electron chi connectivity index (χ0n) is 8.66. The molecule has 2 rings (SSSR count). The number of fused-ring (bicyclic) bond motifs is 1. The Bertz CT molecular complexity index is 222. The van der Waals surface area contributed by atoms with E-state index in [9.17, 15) is 4.79 Å². The molecule has 0 aromatic heterocycles. The van der Waals surface area contributed by atoms with E-state index in [1.54, 1.807) is 0 Å². The minimum absolute atomic E-state index is 0.124. The maximum Gasteiger partial charge on any atom is 0.243 e. The first-order valence-corrected chi connectivity index (χ1v) is 6.55. The fourth-order valence-electron chi connectivity index (χ4n) is 2.04. The first kappa shape index (κ1) is 10.3. The van der Waals surface area contributed by atoms with Crippen LogP contribution in [0.4, 0.5) is 0 Å². The molecule has 0 aromatic rings. The largest absolute Gasteiger partial charge is 0.326 e. The molecule has 14 heavy (non-hydrogen) atoms. The molecule has 4 heteroatoms. The van der Waals surface area contributed by atoms with E-state index in [2.05, 4.69) is 12.2 Å². The Morgan fingerprint density at radius 3 is 3.21 bits per heavy atom. The molecule has 0 spiro atoms. The van der Waals surface area contributed by atoms with Crippen molar-refractivity contribution in [3.8, 4) is 0 Å². The van der Waals surface area contributed by atoms with Crippen molar-refractivity contribution in [1.82, 2.24) is 10.2 Å². The highest BCUT2D eigenvalue weighted by Crippen LogP contribution is 2.35. The Balaban J connectivity index is 1.69. The molecular formula is C10H18N2OS. The third-order valence-electron chi connectivity index (χ3n) is 2.91. The van der Waals surface area contributed by atoms with Crippen molar-refractivity contribution in [2.24, 2.45) is 0 Å². The van der Waals surface area contributed by atoms with E-state index in [0.29, 0.717) is 11.3 Å². The first-order valence-electron chi connectivity index (χ1n) is 5.50. The van der Waals surface area contributed by atoms with Crippen LogP contribution in [-0.4, -0.2) is 41.1 Å². The maximum atomic E-state index is 11.6. The zero-order valence-corrected chi connectivity index (χ0v) is 9.48. The summed E-state index contributed by atoms with van der Waals surface area (Å²) in [6.45, 7) is 4.15. The Labute approximate surface area is 89.6 Å². The van der Waals surface area contributed by atoms with Crippen molar-refractivity contribution in [3.63, 3.8) is 0 Å². The average Bonchev–Trinajstić information content (AvgIpc) is 2.62. The fourth-order valence-corrected chi connectivity index (χ4v) is 3.38. The van der Waals surface area contributed by atoms with E-state index in [0.717, 1.165) is 18.8 Å². The fraction of sp³-hybridized carbons (Fsp3) is 0.900. The molecule has 2 saturated heterocycles. The van der Waals surface area contributed by atoms with Crippen molar-refractivity contribution in [2.45, 2.75) is 37.6 Å². The van der Waals surface area contributed by atoms with Crippen molar-refractivity contribution in [2.75, 3.05) is 18.8 Å². The van der Waals surface area contributed by atoms with Gasteiger partial charge in [0, 0.05) is 12.3 Å². The van der Waals surface area contributed by atoms with Crippen molar-refractivity contribution in [1.29, 1.82) is 0 Å². The molecule has 2 fully saturated rings. The molecule has 1 N–H and O–H groups in total. The highest BCUT2D eigenvalue weighted by Gasteiger charge is 2.49. The molecule has 2 heterocycles. The van der Waals surface area contributed by atoms with Crippen LogP contribution in [0, 0.1) is 0 Å². The van der Waals surface area contributed by atoms with Gasteiger partial charge in [0.25, 0.3) is 0 Å². The van der Waals surface area contributed by atoms with Crippen molar-refractivity contribution < 1.29 is 4.79 Å². The second-order valence-corrected chi connectivity index (χ2v) is 5.16. The number of β-lactam (4-membered cyclic amide) rings is 1. The number of carbonyl (C=O) groups excluding carboxylic acids is 1. The van der Waals surface area contributed by atoms with Crippen molar-refractivity contribution in [3.05, 3.63) is 0 Å². The van der Waals surface area contributed by atoms with E-state index in [4.69, 9.17) is 0 Å². The molecule has 1 amide bonds. The smallest absolute Gasteiger partial charge is 0.243 e. The Morgan fingerprint density at radius 2 is 2.43 bits per heavy atom. The van der Waals surface area contributed by atoms with Crippen LogP contribution < -0.4 is 5.32 Å². The predicted octanol–water partition coefficient (Wildman–Crippen LogP) is 1.05. The summed E-state index contributed by atoms with van der Waals surface area (Å²) in [5.74, 6) is 1.43. The lowest BCUT2D eigenvalue weighted by atomic mass is 10.1. The van der Waals surface area contributed by atoms with Gasteiger partial charge in [-0.25, -0.2) is 0 Å². The molecule has 0 aliphatic carbocycles. The van der Waals surface area contributed by atoms with Gasteiger partial charge in [0.2, 0.25) is 5.91 Å². The number of nitrogens with one attached hydrogen (secondary N) is 1. The molecule has 3 nitrogen and oxygen atoms in total. The summed E-state index contributed by atoms with van der Waals surface area (Å²) < 4.78 is 0. The van der Waals surface area contributed by atoms with Gasteiger partial charge in [-0.2, -0.15) is 0 Å². The van der Waals surface area contributed by atoms with Crippen LogP contribution in [0.25, 0.3) is 0 Å². The predicted molar refractivity (Wildman–Crippen MR) is 59.3 cm³/mol. The van der Waals surface area contributed by atoms with Crippen LogP contribution in [0.15, 0.2) is 0 Å². The van der Waals surface area contributed by atoms with Gasteiger partial charge in [0.15, 0.2) is 0 Å². The summed E-state index contributed by atoms with van der Waals surface area (Å²) in [6.07, 6.45) is 3.69. The summed E-state index contributed by atoms with van der Waals surface area (Å²) in [6, 6.07) is 0.124. The van der Waals surface area contributed by atoms with Gasteiger partial charge in [0.1, 0.15) is 11.4 Å². The van der Waals surface area contributed by atoms with E-state index in [1.807, 2.05) is 16.7 Å². The lowest BCUT2D eigenvalue weighted by Crippen LogP contribution is -2.66. The SMILES string of the molecule is CCCCCNC1C(=O)N2CCS[C@H]12. The first-order chi connectivity index (χ1) is 6.84. The molecule has 1 unspecified atom stereocenters. The third kappa shape index (κ3) is 1.77. The van der Waals surface area contributed by atoms with Gasteiger partial charge in [-0.3, -0.25) is 4.79 Å². The molecular weight excluding hydrogens is 196 g/mol. The number of hydrogen-bond donors (Lipinski definition) is 1. The second-order valence-electron chi connectivity index (χ2n) is 3.93. The number of hydrogen-bond acceptors (Lipinski definition) is 3. The van der Waals surface area contributed by atoms with Crippen LogP contribution in [0.3, 0.4) is 0 Å². The zero-order chi connectivity index (χ0) is 9.97. The summed E-state index contributed by atoms with van der Waals surface area (Å²) >= 11 is 1.91.